The zero-order valence-corrected chi connectivity index (χ0v) is 20.2. The van der Waals surface area contributed by atoms with Crippen molar-refractivity contribution in [1.82, 2.24) is 4.31 Å². The first-order valence-electron chi connectivity index (χ1n) is 11.5. The van der Waals surface area contributed by atoms with Gasteiger partial charge in [0.05, 0.1) is 10.8 Å². The summed E-state index contributed by atoms with van der Waals surface area (Å²) in [4.78, 5) is 26.7. The van der Waals surface area contributed by atoms with E-state index in [4.69, 9.17) is 0 Å². The molecule has 4 rings (SSSR count). The Bertz CT molecular complexity index is 1160. The van der Waals surface area contributed by atoms with Crippen molar-refractivity contribution in [2.24, 2.45) is 5.92 Å². The van der Waals surface area contributed by atoms with Crippen molar-refractivity contribution < 1.29 is 18.0 Å². The molecule has 176 valence electrons. The molecule has 0 saturated carbocycles. The van der Waals surface area contributed by atoms with E-state index < -0.39 is 15.9 Å². The molecule has 1 fully saturated rings. The van der Waals surface area contributed by atoms with Crippen LogP contribution in [-0.4, -0.2) is 43.7 Å². The fraction of sp³-hybridized carbons (Fsp3) is 0.440. The second kappa shape index (κ2) is 9.27. The van der Waals surface area contributed by atoms with Crippen molar-refractivity contribution in [3.8, 4) is 0 Å². The standard InChI is InChI=1S/C25H31N3O4S/c1-4-19-7-9-22(10-8-19)26-25(30)20-6-5-13-27(16-20)33(31,32)23-11-12-24-21(15-23)14-17(2)28(24)18(3)29/h7-12,15,17,20H,4-6,13-14,16H2,1-3H3,(H,26,30)/t17-,20-/m0/s1. The third-order valence-corrected chi connectivity index (χ3v) is 8.49. The minimum absolute atomic E-state index is 0.00455. The van der Waals surface area contributed by atoms with Crippen LogP contribution in [0.25, 0.3) is 0 Å². The summed E-state index contributed by atoms with van der Waals surface area (Å²) in [6.45, 7) is 6.11. The summed E-state index contributed by atoms with van der Waals surface area (Å²) in [5.74, 6) is -0.605. The molecular formula is C25H31N3O4S. The quantitative estimate of drug-likeness (QED) is 0.725. The lowest BCUT2D eigenvalue weighted by Gasteiger charge is -2.31. The van der Waals surface area contributed by atoms with E-state index >= 15 is 0 Å². The first-order valence-corrected chi connectivity index (χ1v) is 13.0. The number of nitrogens with zero attached hydrogens (tertiary/aromatic N) is 2. The SMILES string of the molecule is CCc1ccc(NC(=O)[C@H]2CCCN(S(=O)(=O)c3ccc4c(c3)C[C@H](C)N4C(C)=O)C2)cc1. The van der Waals surface area contributed by atoms with E-state index in [1.807, 2.05) is 31.2 Å². The molecule has 2 aromatic rings. The van der Waals surface area contributed by atoms with Gasteiger partial charge in [0.25, 0.3) is 0 Å². The highest BCUT2D eigenvalue weighted by Crippen LogP contribution is 2.35. The van der Waals surface area contributed by atoms with Gasteiger partial charge in [0, 0.05) is 37.4 Å². The van der Waals surface area contributed by atoms with Gasteiger partial charge in [0.1, 0.15) is 0 Å². The van der Waals surface area contributed by atoms with Crippen LogP contribution >= 0.6 is 0 Å². The number of benzene rings is 2. The van der Waals surface area contributed by atoms with Crippen LogP contribution in [0.2, 0.25) is 0 Å². The number of aryl methyl sites for hydroxylation is 1. The first-order chi connectivity index (χ1) is 15.7. The Morgan fingerprint density at radius 1 is 1.12 bits per heavy atom. The Kier molecular flexibility index (Phi) is 6.59. The Hall–Kier alpha value is -2.71. The average molecular weight is 470 g/mol. The third kappa shape index (κ3) is 4.68. The minimum Gasteiger partial charge on any atom is -0.326 e. The van der Waals surface area contributed by atoms with Crippen molar-refractivity contribution in [2.75, 3.05) is 23.3 Å². The Morgan fingerprint density at radius 2 is 1.85 bits per heavy atom. The molecule has 2 amide bonds. The van der Waals surface area contributed by atoms with Gasteiger partial charge in [0.15, 0.2) is 0 Å². The van der Waals surface area contributed by atoms with Gasteiger partial charge >= 0.3 is 0 Å². The summed E-state index contributed by atoms with van der Waals surface area (Å²) in [5, 5.41) is 2.93. The number of anilines is 2. The number of hydrogen-bond acceptors (Lipinski definition) is 4. The van der Waals surface area contributed by atoms with Gasteiger partial charge in [-0.3, -0.25) is 9.59 Å². The molecule has 1 N–H and O–H groups in total. The largest absolute Gasteiger partial charge is 0.326 e. The van der Waals surface area contributed by atoms with Crippen LogP contribution in [0.4, 0.5) is 11.4 Å². The molecule has 0 unspecified atom stereocenters. The lowest BCUT2D eigenvalue weighted by Crippen LogP contribution is -2.43. The van der Waals surface area contributed by atoms with Gasteiger partial charge < -0.3 is 10.2 Å². The van der Waals surface area contributed by atoms with Gasteiger partial charge in [-0.25, -0.2) is 8.42 Å². The lowest BCUT2D eigenvalue weighted by atomic mass is 9.98. The van der Waals surface area contributed by atoms with Gasteiger partial charge in [-0.05, 0) is 74.1 Å². The van der Waals surface area contributed by atoms with E-state index in [1.165, 1.54) is 16.8 Å². The molecule has 7 nitrogen and oxygen atoms in total. The number of carbonyl (C=O) groups excluding carboxylic acids is 2. The summed E-state index contributed by atoms with van der Waals surface area (Å²) in [5.41, 5.74) is 3.55. The molecule has 0 aliphatic carbocycles. The minimum atomic E-state index is -3.74. The number of amides is 2. The smallest absolute Gasteiger partial charge is 0.243 e. The van der Waals surface area contributed by atoms with Crippen LogP contribution in [0.15, 0.2) is 47.4 Å². The van der Waals surface area contributed by atoms with Crippen LogP contribution < -0.4 is 10.2 Å². The molecule has 2 heterocycles. The van der Waals surface area contributed by atoms with Crippen molar-refractivity contribution in [1.29, 1.82) is 0 Å². The van der Waals surface area contributed by atoms with Crippen molar-refractivity contribution in [3.63, 3.8) is 0 Å². The molecule has 2 aliphatic heterocycles. The van der Waals surface area contributed by atoms with Crippen molar-refractivity contribution in [2.45, 2.75) is 57.4 Å². The average Bonchev–Trinajstić information content (AvgIpc) is 3.14. The summed E-state index contributed by atoms with van der Waals surface area (Å²) in [7, 11) is -3.74. The number of sulfonamides is 1. The number of carbonyl (C=O) groups is 2. The Labute approximate surface area is 195 Å². The zero-order chi connectivity index (χ0) is 23.8. The first kappa shape index (κ1) is 23.4. The van der Waals surface area contributed by atoms with E-state index in [1.54, 1.807) is 23.1 Å². The van der Waals surface area contributed by atoms with E-state index in [9.17, 15) is 18.0 Å². The van der Waals surface area contributed by atoms with Crippen LogP contribution in [0.3, 0.4) is 0 Å². The predicted octanol–water partition coefficient (Wildman–Crippen LogP) is 3.59. The van der Waals surface area contributed by atoms with Gasteiger partial charge in [-0.1, -0.05) is 19.1 Å². The van der Waals surface area contributed by atoms with Crippen molar-refractivity contribution in [3.05, 3.63) is 53.6 Å². The van der Waals surface area contributed by atoms with Gasteiger partial charge in [-0.15, -0.1) is 0 Å². The van der Waals surface area contributed by atoms with Gasteiger partial charge in [-0.2, -0.15) is 4.31 Å². The molecule has 0 radical (unpaired) electrons. The topological polar surface area (TPSA) is 86.8 Å². The number of hydrogen-bond donors (Lipinski definition) is 1. The molecule has 0 aromatic heterocycles. The maximum Gasteiger partial charge on any atom is 0.243 e. The maximum absolute atomic E-state index is 13.4. The van der Waals surface area contributed by atoms with E-state index in [0.717, 1.165) is 23.4 Å². The molecule has 2 aliphatic rings. The van der Waals surface area contributed by atoms with Crippen LogP contribution in [0.1, 0.15) is 44.7 Å². The number of piperidine rings is 1. The summed E-state index contributed by atoms with van der Waals surface area (Å²) >= 11 is 0. The van der Waals surface area contributed by atoms with Crippen LogP contribution in [0.5, 0.6) is 0 Å². The highest BCUT2D eigenvalue weighted by atomic mass is 32.2. The highest BCUT2D eigenvalue weighted by Gasteiger charge is 2.35. The monoisotopic (exact) mass is 469 g/mol. The van der Waals surface area contributed by atoms with Crippen molar-refractivity contribution >= 4 is 33.2 Å². The van der Waals surface area contributed by atoms with Crippen LogP contribution in [0, 0.1) is 5.92 Å². The van der Waals surface area contributed by atoms with Gasteiger partial charge in [0.2, 0.25) is 21.8 Å². The highest BCUT2D eigenvalue weighted by molar-refractivity contribution is 7.89. The number of fused-ring (bicyclic) bond motifs is 1. The molecule has 2 atom stereocenters. The van der Waals surface area contributed by atoms with E-state index in [-0.39, 0.29) is 29.3 Å². The molecule has 0 bridgehead atoms. The molecule has 2 aromatic carbocycles. The van der Waals surface area contributed by atoms with Crippen LogP contribution in [-0.2, 0) is 32.5 Å². The normalized spacial score (nSPS) is 21.0. The van der Waals surface area contributed by atoms with E-state index in [0.29, 0.717) is 25.8 Å². The molecular weight excluding hydrogens is 438 g/mol. The second-order valence-corrected chi connectivity index (χ2v) is 10.9. The molecule has 33 heavy (non-hydrogen) atoms. The lowest BCUT2D eigenvalue weighted by molar-refractivity contribution is -0.121. The molecule has 0 spiro atoms. The third-order valence-electron chi connectivity index (χ3n) is 6.63. The zero-order valence-electron chi connectivity index (χ0n) is 19.4. The predicted molar refractivity (Wildman–Crippen MR) is 129 cm³/mol. The summed E-state index contributed by atoms with van der Waals surface area (Å²) < 4.78 is 28.2. The number of rotatable bonds is 5. The fourth-order valence-electron chi connectivity index (χ4n) is 4.84. The van der Waals surface area contributed by atoms with E-state index in [2.05, 4.69) is 12.2 Å². The Morgan fingerprint density at radius 3 is 2.52 bits per heavy atom. The summed E-state index contributed by atoms with van der Waals surface area (Å²) in [6, 6.07) is 12.7. The number of nitrogens with one attached hydrogen (secondary N) is 1. The Balaban J connectivity index is 1.49. The fourth-order valence-corrected chi connectivity index (χ4v) is 6.41. The summed E-state index contributed by atoms with van der Waals surface area (Å²) in [6.07, 6.45) is 2.84. The maximum atomic E-state index is 13.4. The molecule has 1 saturated heterocycles. The molecule has 8 heteroatoms. The second-order valence-electron chi connectivity index (χ2n) is 8.97.